The molecule has 3 heterocycles. The molecule has 24 heavy (non-hydrogen) atoms. The Hall–Kier alpha value is -1.68. The summed E-state index contributed by atoms with van der Waals surface area (Å²) in [7, 11) is 0. The monoisotopic (exact) mass is 330 g/mol. The highest BCUT2D eigenvalue weighted by molar-refractivity contribution is 5.58. The van der Waals surface area contributed by atoms with Gasteiger partial charge in [0.2, 0.25) is 0 Å². The summed E-state index contributed by atoms with van der Waals surface area (Å²) in [5, 5.41) is 20.7. The number of likely N-dealkylation sites (tertiary alicyclic amines) is 1. The van der Waals surface area contributed by atoms with Gasteiger partial charge in [0.25, 0.3) is 0 Å². The number of pyridine rings is 1. The van der Waals surface area contributed by atoms with Crippen LogP contribution in [0.1, 0.15) is 29.7 Å². The van der Waals surface area contributed by atoms with Gasteiger partial charge in [-0.1, -0.05) is 0 Å². The molecule has 2 aliphatic heterocycles. The maximum absolute atomic E-state index is 11.1. The van der Waals surface area contributed by atoms with Gasteiger partial charge in [-0.2, -0.15) is 5.26 Å². The van der Waals surface area contributed by atoms with Crippen LogP contribution in [0.4, 0.5) is 5.82 Å². The molecule has 0 amide bonds. The van der Waals surface area contributed by atoms with Crippen LogP contribution >= 0.6 is 0 Å². The Balaban J connectivity index is 1.86. The average molecular weight is 330 g/mol. The second kappa shape index (κ2) is 7.06. The van der Waals surface area contributed by atoms with E-state index in [0.29, 0.717) is 44.2 Å². The molecule has 2 saturated heterocycles. The largest absolute Gasteiger partial charge is 0.384 e. The number of nitriles is 1. The van der Waals surface area contributed by atoms with E-state index >= 15 is 0 Å². The Bertz CT molecular complexity index is 637. The minimum Gasteiger partial charge on any atom is -0.384 e. The first-order valence-corrected chi connectivity index (χ1v) is 8.66. The van der Waals surface area contributed by atoms with Gasteiger partial charge in [0.1, 0.15) is 17.5 Å². The molecule has 0 radical (unpaired) electrons. The first-order chi connectivity index (χ1) is 11.5. The minimum atomic E-state index is -0.938. The van der Waals surface area contributed by atoms with E-state index < -0.39 is 5.60 Å². The molecule has 0 spiro atoms. The average Bonchev–Trinajstić information content (AvgIpc) is 2.94. The van der Waals surface area contributed by atoms with Crippen molar-refractivity contribution in [1.82, 2.24) is 9.88 Å². The summed E-state index contributed by atoms with van der Waals surface area (Å²) < 4.78 is 5.68. The van der Waals surface area contributed by atoms with Gasteiger partial charge in [-0.25, -0.2) is 4.98 Å². The summed E-state index contributed by atoms with van der Waals surface area (Å²) in [6, 6.07) is 4.20. The summed E-state index contributed by atoms with van der Waals surface area (Å²) in [4.78, 5) is 8.90. The SMILES string of the molecule is Cc1cc(C)c(C#N)c(N2CCOC[C@](O)(CN3CCCC3)C2)n1. The van der Waals surface area contributed by atoms with Crippen LogP contribution in [0.3, 0.4) is 0 Å². The van der Waals surface area contributed by atoms with E-state index in [2.05, 4.69) is 16.0 Å². The lowest BCUT2D eigenvalue weighted by Gasteiger charge is -2.34. The van der Waals surface area contributed by atoms with Gasteiger partial charge in [0, 0.05) is 18.8 Å². The highest BCUT2D eigenvalue weighted by Gasteiger charge is 2.36. The van der Waals surface area contributed by atoms with Gasteiger partial charge in [-0.3, -0.25) is 0 Å². The van der Waals surface area contributed by atoms with Gasteiger partial charge in [0.15, 0.2) is 0 Å². The van der Waals surface area contributed by atoms with E-state index in [1.54, 1.807) is 0 Å². The van der Waals surface area contributed by atoms with E-state index in [-0.39, 0.29) is 0 Å². The molecular weight excluding hydrogens is 304 g/mol. The minimum absolute atomic E-state index is 0.326. The number of aliphatic hydroxyl groups is 1. The topological polar surface area (TPSA) is 72.6 Å². The number of aryl methyl sites for hydroxylation is 2. The van der Waals surface area contributed by atoms with E-state index in [9.17, 15) is 10.4 Å². The first kappa shape index (κ1) is 17.2. The first-order valence-electron chi connectivity index (χ1n) is 8.66. The van der Waals surface area contributed by atoms with Gasteiger partial charge in [-0.15, -0.1) is 0 Å². The van der Waals surface area contributed by atoms with Crippen LogP contribution < -0.4 is 4.90 Å². The quantitative estimate of drug-likeness (QED) is 0.899. The summed E-state index contributed by atoms with van der Waals surface area (Å²) in [6.07, 6.45) is 2.38. The van der Waals surface area contributed by atoms with Crippen molar-refractivity contribution in [2.24, 2.45) is 0 Å². The van der Waals surface area contributed by atoms with Crippen molar-refractivity contribution in [2.75, 3.05) is 50.8 Å². The number of aromatic nitrogens is 1. The summed E-state index contributed by atoms with van der Waals surface area (Å²) >= 11 is 0. The van der Waals surface area contributed by atoms with Crippen LogP contribution in [0.2, 0.25) is 0 Å². The molecule has 6 nitrogen and oxygen atoms in total. The second-order valence-corrected chi connectivity index (χ2v) is 7.07. The molecule has 2 fully saturated rings. The third-order valence-corrected chi connectivity index (χ3v) is 4.81. The molecular formula is C18H26N4O2. The van der Waals surface area contributed by atoms with Crippen molar-refractivity contribution >= 4 is 5.82 Å². The van der Waals surface area contributed by atoms with E-state index in [1.807, 2.05) is 24.8 Å². The number of ether oxygens (including phenoxy) is 1. The number of hydrogen-bond donors (Lipinski definition) is 1. The lowest BCUT2D eigenvalue weighted by Crippen LogP contribution is -2.52. The van der Waals surface area contributed by atoms with Gasteiger partial charge < -0.3 is 19.6 Å². The van der Waals surface area contributed by atoms with Crippen LogP contribution in [0.15, 0.2) is 6.07 Å². The Kier molecular flexibility index (Phi) is 5.04. The molecule has 0 unspecified atom stereocenters. The van der Waals surface area contributed by atoms with Crippen LogP contribution in [0.5, 0.6) is 0 Å². The second-order valence-electron chi connectivity index (χ2n) is 7.07. The van der Waals surface area contributed by atoms with Gasteiger partial charge >= 0.3 is 0 Å². The zero-order valence-corrected chi connectivity index (χ0v) is 14.6. The molecule has 3 rings (SSSR count). The summed E-state index contributed by atoms with van der Waals surface area (Å²) in [5.41, 5.74) is 1.46. The predicted molar refractivity (Wildman–Crippen MR) is 92.1 cm³/mol. The lowest BCUT2D eigenvalue weighted by atomic mass is 10.0. The zero-order valence-electron chi connectivity index (χ0n) is 14.6. The Morgan fingerprint density at radius 2 is 2.08 bits per heavy atom. The Morgan fingerprint density at radius 1 is 1.33 bits per heavy atom. The van der Waals surface area contributed by atoms with Gasteiger partial charge in [-0.05, 0) is 51.4 Å². The van der Waals surface area contributed by atoms with Crippen LogP contribution in [0.25, 0.3) is 0 Å². The van der Waals surface area contributed by atoms with Crippen LogP contribution in [-0.4, -0.2) is 66.5 Å². The van der Waals surface area contributed by atoms with E-state index in [4.69, 9.17) is 4.74 Å². The fraction of sp³-hybridized carbons (Fsp3) is 0.667. The van der Waals surface area contributed by atoms with E-state index in [1.165, 1.54) is 12.8 Å². The van der Waals surface area contributed by atoms with Crippen molar-refractivity contribution < 1.29 is 9.84 Å². The number of rotatable bonds is 3. The van der Waals surface area contributed by atoms with E-state index in [0.717, 1.165) is 24.3 Å². The summed E-state index contributed by atoms with van der Waals surface area (Å²) in [5.74, 6) is 0.667. The normalized spacial score (nSPS) is 25.5. The molecule has 1 aromatic heterocycles. The number of nitrogens with zero attached hydrogens (tertiary/aromatic N) is 4. The molecule has 6 heteroatoms. The van der Waals surface area contributed by atoms with Crippen molar-refractivity contribution in [3.8, 4) is 6.07 Å². The van der Waals surface area contributed by atoms with Crippen LogP contribution in [0, 0.1) is 25.2 Å². The standard InChI is InChI=1S/C18H26N4O2/c1-14-9-15(2)20-17(16(14)10-19)22-7-8-24-13-18(23,12-22)11-21-5-3-4-6-21/h9,23H,3-8,11-13H2,1-2H3/t18-/m0/s1. The van der Waals surface area contributed by atoms with Crippen molar-refractivity contribution in [3.63, 3.8) is 0 Å². The van der Waals surface area contributed by atoms with Crippen molar-refractivity contribution in [1.29, 1.82) is 5.26 Å². The molecule has 0 aromatic carbocycles. The molecule has 0 aliphatic carbocycles. The van der Waals surface area contributed by atoms with Gasteiger partial charge in [0.05, 0.1) is 25.3 Å². The molecule has 0 saturated carbocycles. The fourth-order valence-corrected chi connectivity index (χ4v) is 3.73. The summed E-state index contributed by atoms with van der Waals surface area (Å²) in [6.45, 7) is 8.47. The van der Waals surface area contributed by atoms with Crippen LogP contribution in [-0.2, 0) is 4.74 Å². The maximum Gasteiger partial charge on any atom is 0.147 e. The molecule has 1 N–H and O–H groups in total. The molecule has 2 aliphatic rings. The predicted octanol–water partition coefficient (Wildman–Crippen LogP) is 1.23. The molecule has 130 valence electrons. The third-order valence-electron chi connectivity index (χ3n) is 4.81. The number of anilines is 1. The number of hydrogen-bond acceptors (Lipinski definition) is 6. The van der Waals surface area contributed by atoms with Crippen molar-refractivity contribution in [2.45, 2.75) is 32.3 Å². The zero-order chi connectivity index (χ0) is 17.2. The van der Waals surface area contributed by atoms with Crippen molar-refractivity contribution in [3.05, 3.63) is 22.9 Å². The molecule has 1 atom stereocenters. The highest BCUT2D eigenvalue weighted by atomic mass is 16.5. The Labute approximate surface area is 143 Å². The maximum atomic E-state index is 11.1. The Morgan fingerprint density at radius 3 is 2.79 bits per heavy atom. The molecule has 0 bridgehead atoms. The third kappa shape index (κ3) is 3.69. The lowest BCUT2D eigenvalue weighted by molar-refractivity contribution is -0.0439. The smallest absolute Gasteiger partial charge is 0.147 e. The highest BCUT2D eigenvalue weighted by Crippen LogP contribution is 2.26. The molecule has 1 aromatic rings. The fourth-order valence-electron chi connectivity index (χ4n) is 3.73. The number of β-amino-alcohol motifs (C(OH)–C–C–N with tert-alkyl or cyclic N) is 1.